The number of benzene rings is 1. The Hall–Kier alpha value is -2.84. The first-order valence-electron chi connectivity index (χ1n) is 4.42. The second-order valence-electron chi connectivity index (χ2n) is 2.98. The Bertz CT molecular complexity index is 547. The molecule has 1 N–H and O–H groups in total. The molecular formula is C8H6N6O3. The molecular weight excluding hydrogens is 228 g/mol. The number of nitro benzene ring substituents is 1. The molecule has 86 valence electrons. The summed E-state index contributed by atoms with van der Waals surface area (Å²) in [6.45, 7) is 0. The molecule has 0 fully saturated rings. The molecule has 0 aliphatic heterocycles. The van der Waals surface area contributed by atoms with Crippen LogP contribution in [0.1, 0.15) is 5.56 Å². The van der Waals surface area contributed by atoms with Crippen LogP contribution in [0.15, 0.2) is 35.7 Å². The molecule has 1 heterocycles. The van der Waals surface area contributed by atoms with Crippen LogP contribution in [0.2, 0.25) is 0 Å². The van der Waals surface area contributed by atoms with Gasteiger partial charge in [-0.15, -0.1) is 5.10 Å². The van der Waals surface area contributed by atoms with Gasteiger partial charge in [-0.05, 0) is 22.6 Å². The Morgan fingerprint density at radius 3 is 2.59 bits per heavy atom. The lowest BCUT2D eigenvalue weighted by atomic mass is 10.2. The summed E-state index contributed by atoms with van der Waals surface area (Å²) in [7, 11) is 0. The lowest BCUT2D eigenvalue weighted by Gasteiger charge is -2.01. The number of rotatable bonds is 2. The van der Waals surface area contributed by atoms with Crippen LogP contribution in [0.5, 0.6) is 0 Å². The summed E-state index contributed by atoms with van der Waals surface area (Å²) >= 11 is 0. The van der Waals surface area contributed by atoms with Crippen LogP contribution < -0.4 is 0 Å². The van der Waals surface area contributed by atoms with Gasteiger partial charge in [0, 0.05) is 17.7 Å². The molecule has 1 aromatic heterocycles. The van der Waals surface area contributed by atoms with Gasteiger partial charge in [-0.3, -0.25) is 10.1 Å². The highest BCUT2D eigenvalue weighted by Gasteiger charge is 2.11. The Kier molecular flexibility index (Phi) is 2.73. The van der Waals surface area contributed by atoms with E-state index in [2.05, 4.69) is 20.7 Å². The fourth-order valence-electron chi connectivity index (χ4n) is 1.23. The van der Waals surface area contributed by atoms with Crippen molar-refractivity contribution < 1.29 is 10.1 Å². The van der Waals surface area contributed by atoms with Gasteiger partial charge >= 0.3 is 0 Å². The molecule has 0 saturated heterocycles. The van der Waals surface area contributed by atoms with E-state index in [1.54, 1.807) is 0 Å². The Balaban J connectivity index is 2.37. The zero-order valence-corrected chi connectivity index (χ0v) is 8.33. The summed E-state index contributed by atoms with van der Waals surface area (Å²) in [6.07, 6.45) is 1.25. The highest BCUT2D eigenvalue weighted by atomic mass is 16.6. The van der Waals surface area contributed by atoms with Crippen molar-refractivity contribution in [1.29, 1.82) is 0 Å². The van der Waals surface area contributed by atoms with Crippen LogP contribution in [0.25, 0.3) is 0 Å². The molecule has 0 amide bonds. The first-order valence-corrected chi connectivity index (χ1v) is 4.42. The summed E-state index contributed by atoms with van der Waals surface area (Å²) < 4.78 is 1.14. The van der Waals surface area contributed by atoms with Crippen molar-refractivity contribution in [2.24, 2.45) is 5.16 Å². The van der Waals surface area contributed by atoms with Crippen molar-refractivity contribution in [3.63, 3.8) is 0 Å². The average Bonchev–Trinajstić information content (AvgIpc) is 2.84. The zero-order valence-electron chi connectivity index (χ0n) is 8.33. The number of tetrazole rings is 1. The number of hydrogen-bond acceptors (Lipinski definition) is 7. The summed E-state index contributed by atoms with van der Waals surface area (Å²) in [6, 6.07) is 5.47. The normalized spacial score (nSPS) is 11.4. The number of nitrogens with zero attached hydrogens (tertiary/aromatic N) is 6. The fourth-order valence-corrected chi connectivity index (χ4v) is 1.23. The molecule has 1 aromatic carbocycles. The van der Waals surface area contributed by atoms with E-state index in [-0.39, 0.29) is 11.5 Å². The number of non-ortho nitro benzene ring substituents is 1. The number of nitro groups is 1. The maximum Gasteiger partial charge on any atom is 0.269 e. The Morgan fingerprint density at radius 1 is 1.41 bits per heavy atom. The maximum absolute atomic E-state index is 10.5. The Morgan fingerprint density at radius 2 is 2.12 bits per heavy atom. The van der Waals surface area contributed by atoms with Gasteiger partial charge in [-0.25, -0.2) is 0 Å². The fraction of sp³-hybridized carbons (Fsp3) is 0. The van der Waals surface area contributed by atoms with E-state index in [1.807, 2.05) is 0 Å². The summed E-state index contributed by atoms with van der Waals surface area (Å²) in [5.41, 5.74) is 0.396. The van der Waals surface area contributed by atoms with Crippen LogP contribution in [0, 0.1) is 10.1 Å². The molecule has 0 unspecified atom stereocenters. The Labute approximate surface area is 94.1 Å². The van der Waals surface area contributed by atoms with Crippen LogP contribution >= 0.6 is 0 Å². The van der Waals surface area contributed by atoms with E-state index in [0.29, 0.717) is 5.56 Å². The molecule has 9 heteroatoms. The van der Waals surface area contributed by atoms with Crippen molar-refractivity contribution in [3.8, 4) is 0 Å². The minimum absolute atomic E-state index is 0.0530. The topological polar surface area (TPSA) is 119 Å². The van der Waals surface area contributed by atoms with E-state index < -0.39 is 4.92 Å². The molecule has 2 rings (SSSR count). The largest absolute Gasteiger partial charge is 0.409 e. The lowest BCUT2D eigenvalue weighted by molar-refractivity contribution is -0.384. The third kappa shape index (κ3) is 2.07. The van der Waals surface area contributed by atoms with Gasteiger partial charge in [-0.2, -0.15) is 4.68 Å². The molecule has 0 aliphatic rings. The smallest absolute Gasteiger partial charge is 0.269 e. The molecule has 0 bridgehead atoms. The monoisotopic (exact) mass is 234 g/mol. The van der Waals surface area contributed by atoms with Crippen molar-refractivity contribution in [1.82, 2.24) is 20.2 Å². The van der Waals surface area contributed by atoms with Gasteiger partial charge in [0.2, 0.25) is 5.84 Å². The second kappa shape index (κ2) is 4.35. The molecule has 0 spiro atoms. The molecule has 0 radical (unpaired) electrons. The van der Waals surface area contributed by atoms with Crippen LogP contribution in [-0.2, 0) is 0 Å². The number of aromatic nitrogens is 4. The first kappa shape index (κ1) is 10.7. The molecule has 0 aliphatic carbocycles. The lowest BCUT2D eigenvalue weighted by Crippen LogP contribution is -2.14. The van der Waals surface area contributed by atoms with Crippen molar-refractivity contribution >= 4 is 11.5 Å². The predicted molar refractivity (Wildman–Crippen MR) is 54.6 cm³/mol. The van der Waals surface area contributed by atoms with Gasteiger partial charge in [0.1, 0.15) is 6.33 Å². The van der Waals surface area contributed by atoms with Gasteiger partial charge in [0.15, 0.2) is 0 Å². The first-order chi connectivity index (χ1) is 8.22. The SMILES string of the molecule is O=[N+]([O-])c1ccc(/C(=N/O)n2cnnn2)cc1. The number of oxime groups is 1. The van der Waals surface area contributed by atoms with E-state index in [4.69, 9.17) is 5.21 Å². The van der Waals surface area contributed by atoms with E-state index >= 15 is 0 Å². The summed E-state index contributed by atoms with van der Waals surface area (Å²) in [5.74, 6) is 0.0740. The maximum atomic E-state index is 10.5. The zero-order chi connectivity index (χ0) is 12.3. The van der Waals surface area contributed by atoms with Crippen molar-refractivity contribution in [2.45, 2.75) is 0 Å². The van der Waals surface area contributed by atoms with Crippen molar-refractivity contribution in [3.05, 3.63) is 46.3 Å². The highest BCUT2D eigenvalue weighted by Crippen LogP contribution is 2.12. The van der Waals surface area contributed by atoms with Gasteiger partial charge in [0.25, 0.3) is 5.69 Å². The van der Waals surface area contributed by atoms with Crippen molar-refractivity contribution in [2.75, 3.05) is 0 Å². The highest BCUT2D eigenvalue weighted by molar-refractivity contribution is 5.99. The molecule has 0 atom stereocenters. The minimum Gasteiger partial charge on any atom is -0.409 e. The number of hydrogen-bond donors (Lipinski definition) is 1. The summed E-state index contributed by atoms with van der Waals surface area (Å²) in [5, 5.41) is 32.7. The van der Waals surface area contributed by atoms with Gasteiger partial charge < -0.3 is 5.21 Å². The van der Waals surface area contributed by atoms with Crippen LogP contribution in [0.3, 0.4) is 0 Å². The standard InChI is InChI=1S/C8H6N6O3/c15-10-8(13-5-9-11-12-13)6-1-3-7(4-2-6)14(16)17/h1-5,15H/b10-8-. The third-order valence-corrected chi connectivity index (χ3v) is 2.00. The molecule has 2 aromatic rings. The molecule has 17 heavy (non-hydrogen) atoms. The average molecular weight is 234 g/mol. The van der Waals surface area contributed by atoms with E-state index in [9.17, 15) is 10.1 Å². The minimum atomic E-state index is -0.517. The van der Waals surface area contributed by atoms with E-state index in [1.165, 1.54) is 30.6 Å². The molecule has 9 nitrogen and oxygen atoms in total. The predicted octanol–water partition coefficient (Wildman–Crippen LogP) is 0.265. The molecule has 0 saturated carbocycles. The quantitative estimate of drug-likeness (QED) is 0.262. The van der Waals surface area contributed by atoms with Gasteiger partial charge in [0.05, 0.1) is 4.92 Å². The van der Waals surface area contributed by atoms with Gasteiger partial charge in [-0.1, -0.05) is 5.16 Å². The van der Waals surface area contributed by atoms with Crippen LogP contribution in [-0.4, -0.2) is 36.2 Å². The second-order valence-corrected chi connectivity index (χ2v) is 2.98. The van der Waals surface area contributed by atoms with E-state index in [0.717, 1.165) is 4.68 Å². The summed E-state index contributed by atoms with van der Waals surface area (Å²) in [4.78, 5) is 9.95. The van der Waals surface area contributed by atoms with Crippen LogP contribution in [0.4, 0.5) is 5.69 Å². The third-order valence-electron chi connectivity index (χ3n) is 2.00.